The van der Waals surface area contributed by atoms with Crippen molar-refractivity contribution in [2.45, 2.75) is 19.4 Å². The van der Waals surface area contributed by atoms with Crippen LogP contribution in [0.4, 0.5) is 5.69 Å². The van der Waals surface area contributed by atoms with E-state index in [1.54, 1.807) is 11.3 Å². The second kappa shape index (κ2) is 5.35. The molecule has 0 amide bonds. The predicted octanol–water partition coefficient (Wildman–Crippen LogP) is 3.45. The van der Waals surface area contributed by atoms with E-state index in [2.05, 4.69) is 53.6 Å². The second-order valence-electron chi connectivity index (χ2n) is 5.46. The fourth-order valence-electron chi connectivity index (χ4n) is 2.91. The molecule has 0 saturated carbocycles. The van der Waals surface area contributed by atoms with Crippen LogP contribution in [0.15, 0.2) is 41.8 Å². The lowest BCUT2D eigenvalue weighted by molar-refractivity contribution is 0.516. The highest BCUT2D eigenvalue weighted by atomic mass is 32.1. The molecule has 0 radical (unpaired) electrons. The van der Waals surface area contributed by atoms with E-state index in [0.29, 0.717) is 5.92 Å². The fourth-order valence-corrected chi connectivity index (χ4v) is 3.63. The molecular formula is C16H20N2S. The Morgan fingerprint density at radius 2 is 2.16 bits per heavy atom. The van der Waals surface area contributed by atoms with Gasteiger partial charge in [-0.05, 0) is 35.4 Å². The molecule has 2 unspecified atom stereocenters. The van der Waals surface area contributed by atoms with Crippen LogP contribution in [0.5, 0.6) is 0 Å². The monoisotopic (exact) mass is 272 g/mol. The van der Waals surface area contributed by atoms with Gasteiger partial charge in [0.1, 0.15) is 0 Å². The number of para-hydroxylation sites is 1. The van der Waals surface area contributed by atoms with Crippen LogP contribution in [-0.4, -0.2) is 13.1 Å². The van der Waals surface area contributed by atoms with Crippen LogP contribution >= 0.6 is 11.3 Å². The van der Waals surface area contributed by atoms with Crippen molar-refractivity contribution in [3.8, 4) is 0 Å². The maximum atomic E-state index is 6.34. The molecule has 19 heavy (non-hydrogen) atoms. The van der Waals surface area contributed by atoms with Gasteiger partial charge < -0.3 is 10.6 Å². The largest absolute Gasteiger partial charge is 0.369 e. The van der Waals surface area contributed by atoms with Gasteiger partial charge >= 0.3 is 0 Å². The van der Waals surface area contributed by atoms with E-state index in [4.69, 9.17) is 5.73 Å². The van der Waals surface area contributed by atoms with Crippen LogP contribution in [0.25, 0.3) is 0 Å². The fraction of sp³-hybridized carbons (Fsp3) is 0.375. The maximum absolute atomic E-state index is 6.34. The molecule has 1 aromatic heterocycles. The van der Waals surface area contributed by atoms with Crippen molar-refractivity contribution in [3.63, 3.8) is 0 Å². The summed E-state index contributed by atoms with van der Waals surface area (Å²) < 4.78 is 0. The third-order valence-electron chi connectivity index (χ3n) is 3.76. The number of hydrogen-bond donors (Lipinski definition) is 1. The summed E-state index contributed by atoms with van der Waals surface area (Å²) in [6, 6.07) is 13.0. The molecule has 2 heterocycles. The first kappa shape index (κ1) is 12.7. The molecule has 2 N–H and O–H groups in total. The molecule has 1 aliphatic heterocycles. The van der Waals surface area contributed by atoms with Crippen molar-refractivity contribution in [1.29, 1.82) is 0 Å². The number of nitrogens with two attached hydrogens (primary N) is 1. The first-order chi connectivity index (χ1) is 9.24. The Kier molecular flexibility index (Phi) is 3.58. The normalized spacial score (nSPS) is 20.1. The highest BCUT2D eigenvalue weighted by molar-refractivity contribution is 7.10. The Balaban J connectivity index is 1.81. The minimum atomic E-state index is 0.110. The minimum absolute atomic E-state index is 0.110. The van der Waals surface area contributed by atoms with Crippen LogP contribution in [0.1, 0.15) is 23.4 Å². The number of thiophene rings is 1. The molecule has 100 valence electrons. The summed E-state index contributed by atoms with van der Waals surface area (Å²) in [5.41, 5.74) is 9.17. The van der Waals surface area contributed by atoms with E-state index in [0.717, 1.165) is 13.1 Å². The van der Waals surface area contributed by atoms with Crippen molar-refractivity contribution in [1.82, 2.24) is 0 Å². The van der Waals surface area contributed by atoms with Gasteiger partial charge in [-0.15, -0.1) is 11.3 Å². The van der Waals surface area contributed by atoms with E-state index in [1.165, 1.54) is 22.5 Å². The molecule has 2 atom stereocenters. The van der Waals surface area contributed by atoms with Gasteiger partial charge in [0.2, 0.25) is 0 Å². The Bertz CT molecular complexity index is 535. The van der Waals surface area contributed by atoms with Crippen LogP contribution in [0.3, 0.4) is 0 Å². The summed E-state index contributed by atoms with van der Waals surface area (Å²) in [6.45, 7) is 4.33. The molecule has 3 heteroatoms. The lowest BCUT2D eigenvalue weighted by Crippen LogP contribution is -2.38. The number of rotatable bonds is 3. The van der Waals surface area contributed by atoms with Crippen molar-refractivity contribution < 1.29 is 0 Å². The Hall–Kier alpha value is -1.32. The van der Waals surface area contributed by atoms with E-state index in [-0.39, 0.29) is 6.04 Å². The highest BCUT2D eigenvalue weighted by Crippen LogP contribution is 2.31. The van der Waals surface area contributed by atoms with Crippen molar-refractivity contribution in [2.75, 3.05) is 18.0 Å². The Morgan fingerprint density at radius 3 is 2.95 bits per heavy atom. The van der Waals surface area contributed by atoms with Crippen molar-refractivity contribution in [2.24, 2.45) is 11.7 Å². The lowest BCUT2D eigenvalue weighted by Gasteiger charge is -2.36. The number of fused-ring (bicyclic) bond motifs is 1. The van der Waals surface area contributed by atoms with Gasteiger partial charge in [0.25, 0.3) is 0 Å². The average Bonchev–Trinajstić information content (AvgIpc) is 2.92. The van der Waals surface area contributed by atoms with Crippen molar-refractivity contribution in [3.05, 3.63) is 52.2 Å². The van der Waals surface area contributed by atoms with Gasteiger partial charge in [-0.2, -0.15) is 0 Å². The molecule has 3 rings (SSSR count). The molecular weight excluding hydrogens is 252 g/mol. The van der Waals surface area contributed by atoms with Crippen LogP contribution in [-0.2, 0) is 6.42 Å². The minimum Gasteiger partial charge on any atom is -0.369 e. The molecule has 0 aliphatic carbocycles. The molecule has 1 aliphatic rings. The Labute approximate surface area is 118 Å². The topological polar surface area (TPSA) is 29.3 Å². The van der Waals surface area contributed by atoms with E-state index < -0.39 is 0 Å². The third-order valence-corrected chi connectivity index (χ3v) is 4.76. The predicted molar refractivity (Wildman–Crippen MR) is 82.8 cm³/mol. The summed E-state index contributed by atoms with van der Waals surface area (Å²) in [7, 11) is 0. The summed E-state index contributed by atoms with van der Waals surface area (Å²) >= 11 is 1.75. The molecule has 2 aromatic rings. The number of benzene rings is 1. The summed E-state index contributed by atoms with van der Waals surface area (Å²) in [5.74, 6) is 0.699. The first-order valence-electron chi connectivity index (χ1n) is 6.86. The molecule has 2 nitrogen and oxygen atoms in total. The molecule has 0 saturated heterocycles. The maximum Gasteiger partial charge on any atom is 0.0567 e. The number of hydrogen-bond acceptors (Lipinski definition) is 3. The van der Waals surface area contributed by atoms with Gasteiger partial charge in [0.15, 0.2) is 0 Å². The number of nitrogens with zero attached hydrogens (tertiary/aromatic N) is 1. The van der Waals surface area contributed by atoms with E-state index in [9.17, 15) is 0 Å². The van der Waals surface area contributed by atoms with Gasteiger partial charge in [0.05, 0.1) is 6.04 Å². The zero-order chi connectivity index (χ0) is 13.2. The highest BCUT2D eigenvalue weighted by Gasteiger charge is 2.23. The summed E-state index contributed by atoms with van der Waals surface area (Å²) in [6.07, 6.45) is 1.18. The van der Waals surface area contributed by atoms with Gasteiger partial charge in [-0.25, -0.2) is 0 Å². The van der Waals surface area contributed by atoms with Gasteiger partial charge in [-0.3, -0.25) is 0 Å². The first-order valence-corrected chi connectivity index (χ1v) is 7.74. The summed E-state index contributed by atoms with van der Waals surface area (Å²) in [5, 5.41) is 2.10. The molecule has 0 spiro atoms. The second-order valence-corrected chi connectivity index (χ2v) is 6.44. The van der Waals surface area contributed by atoms with Gasteiger partial charge in [-0.1, -0.05) is 31.2 Å². The van der Waals surface area contributed by atoms with Crippen LogP contribution in [0.2, 0.25) is 0 Å². The lowest BCUT2D eigenvalue weighted by atomic mass is 9.93. The average molecular weight is 272 g/mol. The third kappa shape index (κ3) is 2.67. The smallest absolute Gasteiger partial charge is 0.0567 e. The van der Waals surface area contributed by atoms with Crippen LogP contribution < -0.4 is 10.6 Å². The molecule has 1 aromatic carbocycles. The standard InChI is InChI=1S/C16H20N2S/c1-12-9-13-5-2-3-6-15(13)18(10-12)11-14(17)16-7-4-8-19-16/h2-8,12,14H,9-11,17H2,1H3. The zero-order valence-corrected chi connectivity index (χ0v) is 12.1. The van der Waals surface area contributed by atoms with Gasteiger partial charge in [0, 0.05) is 23.7 Å². The zero-order valence-electron chi connectivity index (χ0n) is 11.3. The quantitative estimate of drug-likeness (QED) is 0.927. The Morgan fingerprint density at radius 1 is 1.32 bits per heavy atom. The van der Waals surface area contributed by atoms with E-state index in [1.807, 2.05) is 0 Å². The van der Waals surface area contributed by atoms with Crippen molar-refractivity contribution >= 4 is 17.0 Å². The number of anilines is 1. The van der Waals surface area contributed by atoms with E-state index >= 15 is 0 Å². The summed E-state index contributed by atoms with van der Waals surface area (Å²) in [4.78, 5) is 3.73. The SMILES string of the molecule is CC1Cc2ccccc2N(CC(N)c2cccs2)C1. The molecule has 0 bridgehead atoms. The molecule has 0 fully saturated rings. The van der Waals surface area contributed by atoms with Crippen LogP contribution in [0, 0.1) is 5.92 Å².